The topological polar surface area (TPSA) is 107 Å². The number of hydrogen-bond acceptors (Lipinski definition) is 6. The summed E-state index contributed by atoms with van der Waals surface area (Å²) in [5, 5.41) is 3.79. The van der Waals surface area contributed by atoms with Crippen LogP contribution in [0.25, 0.3) is 5.69 Å². The molecular weight excluding hydrogens is 385 g/mol. The lowest BCUT2D eigenvalue weighted by atomic mass is 10.2. The molecule has 0 spiro atoms. The molecule has 2 atom stereocenters. The van der Waals surface area contributed by atoms with E-state index in [1.165, 1.54) is 18.2 Å². The Hall–Kier alpha value is -1.82. The quantitative estimate of drug-likeness (QED) is 0.776. The summed E-state index contributed by atoms with van der Waals surface area (Å²) in [6.45, 7) is 1.83. The standard InChI is InChI=1S/C15H18FN3O5S2/c1-11-6-7-12(24-11)10-25(20,21)18-26(22,23)13-8-17-19(9-13)15-5-3-2-4-14(15)16/h2-5,8-9,11-12,18H,6-7,10H2,1H3. The highest BCUT2D eigenvalue weighted by Gasteiger charge is 2.31. The zero-order valence-corrected chi connectivity index (χ0v) is 15.5. The molecule has 142 valence electrons. The highest BCUT2D eigenvalue weighted by Crippen LogP contribution is 2.21. The van der Waals surface area contributed by atoms with Crippen molar-refractivity contribution in [2.45, 2.75) is 36.9 Å². The molecule has 11 heteroatoms. The molecule has 3 rings (SSSR count). The highest BCUT2D eigenvalue weighted by molar-refractivity contribution is 8.04. The average molecular weight is 403 g/mol. The predicted molar refractivity (Wildman–Crippen MR) is 91.2 cm³/mol. The van der Waals surface area contributed by atoms with Gasteiger partial charge in [-0.1, -0.05) is 12.1 Å². The summed E-state index contributed by atoms with van der Waals surface area (Å²) in [6, 6.07) is 5.68. The number of aromatic nitrogens is 2. The molecule has 0 radical (unpaired) electrons. The van der Waals surface area contributed by atoms with Crippen LogP contribution in [0.15, 0.2) is 41.6 Å². The largest absolute Gasteiger partial charge is 0.374 e. The van der Waals surface area contributed by atoms with Crippen LogP contribution < -0.4 is 4.13 Å². The number of rotatable bonds is 6. The molecule has 1 fully saturated rings. The van der Waals surface area contributed by atoms with Gasteiger partial charge in [-0.25, -0.2) is 25.9 Å². The fraction of sp³-hybridized carbons (Fsp3) is 0.400. The summed E-state index contributed by atoms with van der Waals surface area (Å²) in [6.07, 6.45) is 2.68. The predicted octanol–water partition coefficient (Wildman–Crippen LogP) is 1.19. The van der Waals surface area contributed by atoms with Gasteiger partial charge < -0.3 is 4.74 Å². The third-order valence-electron chi connectivity index (χ3n) is 3.93. The summed E-state index contributed by atoms with van der Waals surface area (Å²) in [5.41, 5.74) is 0.0464. The van der Waals surface area contributed by atoms with Crippen molar-refractivity contribution in [3.8, 4) is 5.69 Å². The first-order valence-electron chi connectivity index (χ1n) is 7.87. The molecular formula is C15H18FN3O5S2. The fourth-order valence-corrected chi connectivity index (χ4v) is 5.87. The van der Waals surface area contributed by atoms with Gasteiger partial charge in [0.25, 0.3) is 10.0 Å². The van der Waals surface area contributed by atoms with Crippen molar-refractivity contribution in [2.75, 3.05) is 5.75 Å². The molecule has 26 heavy (non-hydrogen) atoms. The maximum Gasteiger partial charge on any atom is 0.256 e. The van der Waals surface area contributed by atoms with Crippen LogP contribution in [0.1, 0.15) is 19.8 Å². The van der Waals surface area contributed by atoms with Crippen LogP contribution in [0.4, 0.5) is 4.39 Å². The molecule has 1 aromatic heterocycles. The van der Waals surface area contributed by atoms with Crippen molar-refractivity contribution >= 4 is 20.0 Å². The number of ether oxygens (including phenoxy) is 1. The molecule has 0 bridgehead atoms. The smallest absolute Gasteiger partial charge is 0.256 e. The van der Waals surface area contributed by atoms with Gasteiger partial charge in [-0.2, -0.15) is 5.10 Å². The van der Waals surface area contributed by atoms with Gasteiger partial charge in [0.1, 0.15) is 16.4 Å². The van der Waals surface area contributed by atoms with Crippen LogP contribution in [0, 0.1) is 5.82 Å². The van der Waals surface area contributed by atoms with Gasteiger partial charge in [-0.3, -0.25) is 0 Å². The first-order valence-corrected chi connectivity index (χ1v) is 11.0. The van der Waals surface area contributed by atoms with E-state index < -0.39 is 37.7 Å². The lowest BCUT2D eigenvalue weighted by Crippen LogP contribution is -2.36. The zero-order valence-electron chi connectivity index (χ0n) is 13.9. The summed E-state index contributed by atoms with van der Waals surface area (Å²) in [5.74, 6) is -1.04. The Morgan fingerprint density at radius 2 is 2.00 bits per heavy atom. The molecule has 8 nitrogen and oxygen atoms in total. The van der Waals surface area contributed by atoms with Crippen LogP contribution in [0.3, 0.4) is 0 Å². The van der Waals surface area contributed by atoms with E-state index in [2.05, 4.69) is 5.10 Å². The molecule has 1 aliphatic rings. The summed E-state index contributed by atoms with van der Waals surface area (Å²) < 4.78 is 70.9. The third kappa shape index (κ3) is 4.29. The first kappa shape index (κ1) is 19.0. The second-order valence-corrected chi connectivity index (χ2v) is 9.79. The minimum absolute atomic E-state index is 0.0464. The van der Waals surface area contributed by atoms with Gasteiger partial charge in [0.2, 0.25) is 10.0 Å². The maximum atomic E-state index is 13.8. The molecule has 0 amide bonds. The zero-order chi connectivity index (χ0) is 18.9. The lowest BCUT2D eigenvalue weighted by Gasteiger charge is -2.12. The van der Waals surface area contributed by atoms with Gasteiger partial charge in [-0.15, -0.1) is 4.13 Å². The molecule has 1 saturated heterocycles. The number of para-hydroxylation sites is 1. The van der Waals surface area contributed by atoms with Crippen LogP contribution >= 0.6 is 0 Å². The van der Waals surface area contributed by atoms with E-state index >= 15 is 0 Å². The molecule has 1 aromatic carbocycles. The van der Waals surface area contributed by atoms with Gasteiger partial charge in [0.15, 0.2) is 0 Å². The van der Waals surface area contributed by atoms with Gasteiger partial charge in [0.05, 0.1) is 30.4 Å². The van der Waals surface area contributed by atoms with E-state index in [9.17, 15) is 21.2 Å². The third-order valence-corrected chi connectivity index (χ3v) is 7.47. The molecule has 1 aliphatic heterocycles. The minimum Gasteiger partial charge on any atom is -0.374 e. The Balaban J connectivity index is 1.77. The SMILES string of the molecule is CC1CCC(CS(=O)(=O)NS(=O)(=O)c2cnn(-c3ccccc3F)c2)O1. The Morgan fingerprint density at radius 3 is 2.65 bits per heavy atom. The number of benzene rings is 1. The van der Waals surface area contributed by atoms with Crippen LogP contribution in [0.5, 0.6) is 0 Å². The van der Waals surface area contributed by atoms with E-state index in [1.54, 1.807) is 10.2 Å². The molecule has 2 aromatic rings. The second kappa shape index (κ2) is 7.06. The van der Waals surface area contributed by atoms with Crippen molar-refractivity contribution in [1.29, 1.82) is 0 Å². The van der Waals surface area contributed by atoms with Crippen molar-refractivity contribution in [1.82, 2.24) is 13.9 Å². The first-order chi connectivity index (χ1) is 12.2. The fourth-order valence-electron chi connectivity index (χ4n) is 2.72. The molecule has 1 N–H and O–H groups in total. The van der Waals surface area contributed by atoms with Crippen LogP contribution in [-0.2, 0) is 24.8 Å². The van der Waals surface area contributed by atoms with Gasteiger partial charge in [0, 0.05) is 0 Å². The van der Waals surface area contributed by atoms with Gasteiger partial charge in [-0.05, 0) is 31.9 Å². The molecule has 0 saturated carbocycles. The average Bonchev–Trinajstić information content (AvgIpc) is 3.16. The maximum absolute atomic E-state index is 13.8. The molecule has 0 aliphatic carbocycles. The Bertz CT molecular complexity index is 1000. The van der Waals surface area contributed by atoms with Crippen molar-refractivity contribution in [3.63, 3.8) is 0 Å². The Labute approximate surface area is 151 Å². The van der Waals surface area contributed by atoms with Crippen LogP contribution in [0.2, 0.25) is 0 Å². The second-order valence-electron chi connectivity index (χ2n) is 6.09. The number of nitrogens with zero attached hydrogens (tertiary/aromatic N) is 2. The number of sulfonamides is 2. The number of hydrogen-bond donors (Lipinski definition) is 1. The van der Waals surface area contributed by atoms with Crippen molar-refractivity contribution in [2.24, 2.45) is 0 Å². The summed E-state index contributed by atoms with van der Waals surface area (Å²) >= 11 is 0. The lowest BCUT2D eigenvalue weighted by molar-refractivity contribution is 0.0689. The Kier molecular flexibility index (Phi) is 5.15. The van der Waals surface area contributed by atoms with E-state index in [0.717, 1.165) is 23.5 Å². The normalized spacial score (nSPS) is 21.2. The minimum atomic E-state index is -4.37. The van der Waals surface area contributed by atoms with Crippen molar-refractivity contribution < 1.29 is 26.0 Å². The van der Waals surface area contributed by atoms with Crippen LogP contribution in [-0.4, -0.2) is 44.6 Å². The monoisotopic (exact) mass is 403 g/mol. The number of halogens is 1. The van der Waals surface area contributed by atoms with E-state index in [4.69, 9.17) is 4.74 Å². The van der Waals surface area contributed by atoms with Gasteiger partial charge >= 0.3 is 0 Å². The Morgan fingerprint density at radius 1 is 1.27 bits per heavy atom. The summed E-state index contributed by atoms with van der Waals surface area (Å²) in [4.78, 5) is -0.384. The van der Waals surface area contributed by atoms with E-state index in [1.807, 2.05) is 6.92 Å². The number of nitrogens with one attached hydrogen (secondary N) is 1. The highest BCUT2D eigenvalue weighted by atomic mass is 32.3. The van der Waals surface area contributed by atoms with E-state index in [0.29, 0.717) is 6.42 Å². The molecule has 2 heterocycles. The summed E-state index contributed by atoms with van der Waals surface area (Å²) in [7, 11) is -8.50. The molecule has 2 unspecified atom stereocenters. The van der Waals surface area contributed by atoms with Crippen molar-refractivity contribution in [3.05, 3.63) is 42.5 Å². The van der Waals surface area contributed by atoms with E-state index in [-0.39, 0.29) is 16.7 Å².